The molecule has 5 nitrogen and oxygen atoms in total. The Hall–Kier alpha value is -2.00. The van der Waals surface area contributed by atoms with Crippen LogP contribution in [0, 0.1) is 11.3 Å². The Morgan fingerprint density at radius 2 is 2.20 bits per heavy atom. The summed E-state index contributed by atoms with van der Waals surface area (Å²) in [4.78, 5) is 25.7. The highest BCUT2D eigenvalue weighted by Crippen LogP contribution is 2.33. The number of carbonyl (C=O) groups is 2. The van der Waals surface area contributed by atoms with Gasteiger partial charge in [0, 0.05) is 12.0 Å². The van der Waals surface area contributed by atoms with Gasteiger partial charge in [0.15, 0.2) is 5.78 Å². The normalized spacial score (nSPS) is 21.2. The van der Waals surface area contributed by atoms with E-state index in [4.69, 9.17) is 5.26 Å². The molecule has 2 unspecified atom stereocenters. The highest BCUT2D eigenvalue weighted by molar-refractivity contribution is 7.86. The number of nitrogens with zero attached hydrogens (tertiary/aromatic N) is 2. The minimum Gasteiger partial charge on any atom is -0.296 e. The Bertz CT molecular complexity index is 648. The first-order valence-corrected chi connectivity index (χ1v) is 7.48. The Morgan fingerprint density at radius 3 is 2.80 bits per heavy atom. The van der Waals surface area contributed by atoms with Gasteiger partial charge in [-0.25, -0.2) is 0 Å². The highest BCUT2D eigenvalue weighted by Gasteiger charge is 2.35. The topological polar surface area (TPSA) is 78.2 Å². The monoisotopic (exact) mass is 290 g/mol. The molecule has 6 heteroatoms. The Balaban J connectivity index is 2.59. The summed E-state index contributed by atoms with van der Waals surface area (Å²) in [6.45, 7) is 3.22. The van der Waals surface area contributed by atoms with Crippen molar-refractivity contribution in [1.29, 1.82) is 5.26 Å². The largest absolute Gasteiger partial charge is 0.296 e. The zero-order valence-corrected chi connectivity index (χ0v) is 12.1. The van der Waals surface area contributed by atoms with Crippen LogP contribution in [0.15, 0.2) is 23.1 Å². The lowest BCUT2D eigenvalue weighted by molar-refractivity contribution is -0.117. The van der Waals surface area contributed by atoms with E-state index in [1.54, 1.807) is 32.0 Å². The van der Waals surface area contributed by atoms with E-state index in [1.807, 2.05) is 6.07 Å². The van der Waals surface area contributed by atoms with Crippen LogP contribution in [0.4, 0.5) is 5.69 Å². The fourth-order valence-corrected chi connectivity index (χ4v) is 3.40. The molecule has 1 amide bonds. The number of fused-ring (bicyclic) bond motifs is 1. The van der Waals surface area contributed by atoms with E-state index < -0.39 is 16.0 Å². The maximum atomic E-state index is 12.2. The van der Waals surface area contributed by atoms with Gasteiger partial charge in [-0.1, -0.05) is 13.0 Å². The van der Waals surface area contributed by atoms with Crippen LogP contribution in [0.2, 0.25) is 0 Å². The molecule has 0 bridgehead atoms. The summed E-state index contributed by atoms with van der Waals surface area (Å²) in [5.41, 5.74) is 0.876. The van der Waals surface area contributed by atoms with Gasteiger partial charge < -0.3 is 0 Å². The van der Waals surface area contributed by atoms with Gasteiger partial charge in [0.25, 0.3) is 0 Å². The molecule has 0 fully saturated rings. The molecule has 104 valence electrons. The average Bonchev–Trinajstić information content (AvgIpc) is 2.48. The van der Waals surface area contributed by atoms with Crippen LogP contribution in [0.5, 0.6) is 0 Å². The summed E-state index contributed by atoms with van der Waals surface area (Å²) < 4.78 is 12.2. The Morgan fingerprint density at radius 1 is 1.50 bits per heavy atom. The van der Waals surface area contributed by atoms with Crippen LogP contribution < -0.4 is 4.90 Å². The molecule has 1 aromatic rings. The van der Waals surface area contributed by atoms with E-state index >= 15 is 0 Å². The number of ketones is 1. The van der Waals surface area contributed by atoms with Crippen molar-refractivity contribution < 1.29 is 13.8 Å². The summed E-state index contributed by atoms with van der Waals surface area (Å²) >= 11 is 0. The molecule has 20 heavy (non-hydrogen) atoms. The predicted molar refractivity (Wildman–Crippen MR) is 74.9 cm³/mol. The first-order chi connectivity index (χ1) is 9.51. The minimum atomic E-state index is -1.45. The van der Waals surface area contributed by atoms with Crippen molar-refractivity contribution in [3.63, 3.8) is 0 Å². The molecule has 1 aliphatic heterocycles. The molecule has 2 atom stereocenters. The summed E-state index contributed by atoms with van der Waals surface area (Å²) in [5, 5.41) is 8.17. The molecule has 0 radical (unpaired) electrons. The molecule has 1 aliphatic rings. The van der Waals surface area contributed by atoms with E-state index in [9.17, 15) is 13.8 Å². The van der Waals surface area contributed by atoms with Crippen molar-refractivity contribution in [2.75, 3.05) is 11.4 Å². The molecule has 0 N–H and O–H groups in total. The number of anilines is 1. The van der Waals surface area contributed by atoms with Crippen molar-refractivity contribution >= 4 is 28.2 Å². The summed E-state index contributed by atoms with van der Waals surface area (Å²) in [6, 6.07) is 6.72. The van der Waals surface area contributed by atoms with Gasteiger partial charge in [-0.3, -0.25) is 18.7 Å². The molecule has 0 aliphatic carbocycles. The van der Waals surface area contributed by atoms with Gasteiger partial charge in [-0.15, -0.1) is 0 Å². The number of hydrogen-bond acceptors (Lipinski definition) is 4. The van der Waals surface area contributed by atoms with E-state index in [0.29, 0.717) is 22.6 Å². The molecule has 1 aromatic carbocycles. The summed E-state index contributed by atoms with van der Waals surface area (Å²) in [7, 11) is -1.45. The van der Waals surface area contributed by atoms with Crippen LogP contribution >= 0.6 is 0 Å². The van der Waals surface area contributed by atoms with Gasteiger partial charge in [0.05, 0.1) is 27.5 Å². The van der Waals surface area contributed by atoms with Crippen LogP contribution in [0.25, 0.3) is 0 Å². The lowest BCUT2D eigenvalue weighted by Gasteiger charge is -2.30. The van der Waals surface area contributed by atoms with Crippen molar-refractivity contribution in [2.45, 2.75) is 30.4 Å². The molecule has 0 spiro atoms. The number of benzene rings is 1. The van der Waals surface area contributed by atoms with Crippen LogP contribution in [-0.2, 0) is 15.6 Å². The summed E-state index contributed by atoms with van der Waals surface area (Å²) in [5.74, 6) is -0.403. The molecule has 0 saturated heterocycles. The Kier molecular flexibility index (Phi) is 4.00. The predicted octanol–water partition coefficient (Wildman–Crippen LogP) is 1.65. The minimum absolute atomic E-state index is 0.0541. The lowest BCUT2D eigenvalue weighted by atomic mass is 10.1. The molecule has 1 heterocycles. The van der Waals surface area contributed by atoms with Crippen LogP contribution in [0.3, 0.4) is 0 Å². The standard InChI is InChI=1S/C14H14N2O3S/c1-3-12(17)10-4-5-13-11(8-10)16(7-6-15)14(18)9(2)20(13)19/h4-5,8-9H,3,7H2,1-2H3. The van der Waals surface area contributed by atoms with Gasteiger partial charge in [-0.2, -0.15) is 5.26 Å². The fourth-order valence-electron chi connectivity index (χ4n) is 2.13. The smallest absolute Gasteiger partial charge is 0.243 e. The fraction of sp³-hybridized carbons (Fsp3) is 0.357. The van der Waals surface area contributed by atoms with Crippen LogP contribution in [0.1, 0.15) is 30.6 Å². The molecular formula is C14H14N2O3S. The second-order valence-electron chi connectivity index (χ2n) is 4.48. The third-order valence-corrected chi connectivity index (χ3v) is 4.90. The third kappa shape index (κ3) is 2.25. The lowest BCUT2D eigenvalue weighted by Crippen LogP contribution is -2.44. The maximum absolute atomic E-state index is 12.2. The zero-order valence-electron chi connectivity index (χ0n) is 11.3. The number of rotatable bonds is 3. The number of hydrogen-bond donors (Lipinski definition) is 0. The van der Waals surface area contributed by atoms with E-state index in [2.05, 4.69) is 0 Å². The van der Waals surface area contributed by atoms with Crippen molar-refractivity contribution in [1.82, 2.24) is 0 Å². The second kappa shape index (κ2) is 5.55. The van der Waals surface area contributed by atoms with Crippen LogP contribution in [-0.4, -0.2) is 27.7 Å². The number of carbonyl (C=O) groups excluding carboxylic acids is 2. The highest BCUT2D eigenvalue weighted by atomic mass is 32.2. The average molecular weight is 290 g/mol. The van der Waals surface area contributed by atoms with E-state index in [0.717, 1.165) is 0 Å². The number of nitriles is 1. The van der Waals surface area contributed by atoms with E-state index in [-0.39, 0.29) is 18.2 Å². The molecule has 2 rings (SSSR count). The molecule has 0 saturated carbocycles. The van der Waals surface area contributed by atoms with Gasteiger partial charge in [0.2, 0.25) is 5.91 Å². The molecular weight excluding hydrogens is 276 g/mol. The molecule has 0 aromatic heterocycles. The van der Waals surface area contributed by atoms with Gasteiger partial charge in [-0.05, 0) is 19.1 Å². The van der Waals surface area contributed by atoms with Gasteiger partial charge >= 0.3 is 0 Å². The first-order valence-electron chi connectivity index (χ1n) is 6.27. The SMILES string of the molecule is CCC(=O)c1ccc2c(c1)N(CC#N)C(=O)C(C)S2=O. The quantitative estimate of drug-likeness (QED) is 0.626. The van der Waals surface area contributed by atoms with Crippen molar-refractivity contribution in [2.24, 2.45) is 0 Å². The Labute approximate surface area is 119 Å². The second-order valence-corrected chi connectivity index (χ2v) is 6.22. The maximum Gasteiger partial charge on any atom is 0.243 e. The van der Waals surface area contributed by atoms with Crippen molar-refractivity contribution in [3.05, 3.63) is 23.8 Å². The van der Waals surface area contributed by atoms with E-state index in [1.165, 1.54) is 4.90 Å². The summed E-state index contributed by atoms with van der Waals surface area (Å²) in [6.07, 6.45) is 0.352. The number of amides is 1. The third-order valence-electron chi connectivity index (χ3n) is 3.27. The number of Topliss-reactive ketones (excluding diaryl/α,β-unsaturated/α-hetero) is 1. The zero-order chi connectivity index (χ0) is 14.9. The van der Waals surface area contributed by atoms with Gasteiger partial charge in [0.1, 0.15) is 11.8 Å². The van der Waals surface area contributed by atoms with Crippen molar-refractivity contribution in [3.8, 4) is 6.07 Å². The first kappa shape index (κ1) is 14.4.